The standard InChI is InChI=1S/C12H15FO4S/c1-8(5-12(14)15)18(16)7-9-3-4-10(17-2)6-11(9)13/h3-4,6,8H,5,7H2,1-2H3,(H,14,15). The molecule has 0 amide bonds. The van der Waals surface area contributed by atoms with Gasteiger partial charge in [-0.1, -0.05) is 13.0 Å². The van der Waals surface area contributed by atoms with Gasteiger partial charge >= 0.3 is 5.97 Å². The smallest absolute Gasteiger partial charge is 0.304 e. The summed E-state index contributed by atoms with van der Waals surface area (Å²) in [6, 6.07) is 4.30. The van der Waals surface area contributed by atoms with Crippen molar-refractivity contribution in [3.8, 4) is 5.75 Å². The maximum atomic E-state index is 13.6. The Bertz CT molecular complexity index is 461. The second-order valence-corrected chi connectivity index (χ2v) is 5.75. The molecule has 18 heavy (non-hydrogen) atoms. The molecule has 0 radical (unpaired) electrons. The zero-order chi connectivity index (χ0) is 13.7. The van der Waals surface area contributed by atoms with Crippen LogP contribution in [0, 0.1) is 5.82 Å². The summed E-state index contributed by atoms with van der Waals surface area (Å²) in [7, 11) is 0.0153. The monoisotopic (exact) mass is 274 g/mol. The van der Waals surface area contributed by atoms with Crippen LogP contribution in [0.2, 0.25) is 0 Å². The summed E-state index contributed by atoms with van der Waals surface area (Å²) in [5.41, 5.74) is 0.298. The molecule has 2 atom stereocenters. The van der Waals surface area contributed by atoms with Crippen LogP contribution in [0.5, 0.6) is 5.75 Å². The molecule has 0 heterocycles. The Hall–Kier alpha value is -1.43. The Morgan fingerprint density at radius 2 is 2.22 bits per heavy atom. The van der Waals surface area contributed by atoms with Crippen molar-refractivity contribution in [3.63, 3.8) is 0 Å². The van der Waals surface area contributed by atoms with Gasteiger partial charge in [-0.15, -0.1) is 0 Å². The average Bonchev–Trinajstić information content (AvgIpc) is 2.30. The van der Waals surface area contributed by atoms with Gasteiger partial charge < -0.3 is 9.84 Å². The topological polar surface area (TPSA) is 63.6 Å². The lowest BCUT2D eigenvalue weighted by Gasteiger charge is -2.10. The highest BCUT2D eigenvalue weighted by atomic mass is 32.2. The first-order chi connectivity index (χ1) is 8.43. The fourth-order valence-electron chi connectivity index (χ4n) is 1.41. The van der Waals surface area contributed by atoms with E-state index in [-0.39, 0.29) is 12.2 Å². The minimum atomic E-state index is -1.42. The van der Waals surface area contributed by atoms with Gasteiger partial charge in [0.05, 0.1) is 19.3 Å². The molecule has 0 aromatic heterocycles. The number of hydrogen-bond donors (Lipinski definition) is 1. The number of carboxylic acids is 1. The van der Waals surface area contributed by atoms with Crippen molar-refractivity contribution in [2.24, 2.45) is 0 Å². The molecule has 1 aromatic carbocycles. The summed E-state index contributed by atoms with van der Waals surface area (Å²) in [5, 5.41) is 8.09. The molecular weight excluding hydrogens is 259 g/mol. The molecule has 0 saturated heterocycles. The number of methoxy groups -OCH3 is 1. The molecule has 0 aliphatic carbocycles. The van der Waals surface area contributed by atoms with Crippen LogP contribution in [0.4, 0.5) is 4.39 Å². The minimum absolute atomic E-state index is 0.00424. The number of hydrogen-bond acceptors (Lipinski definition) is 3. The second-order valence-electron chi connectivity index (χ2n) is 3.89. The highest BCUT2D eigenvalue weighted by Gasteiger charge is 2.17. The van der Waals surface area contributed by atoms with E-state index in [0.29, 0.717) is 11.3 Å². The highest BCUT2D eigenvalue weighted by molar-refractivity contribution is 7.84. The summed E-state index contributed by atoms with van der Waals surface area (Å²) >= 11 is 0. The first-order valence-electron chi connectivity index (χ1n) is 5.35. The SMILES string of the molecule is COc1ccc(CS(=O)C(C)CC(=O)O)c(F)c1. The van der Waals surface area contributed by atoms with Crippen molar-refractivity contribution < 1.29 is 23.2 Å². The zero-order valence-electron chi connectivity index (χ0n) is 10.2. The molecule has 0 aliphatic heterocycles. The lowest BCUT2D eigenvalue weighted by molar-refractivity contribution is -0.136. The maximum Gasteiger partial charge on any atom is 0.304 e. The van der Waals surface area contributed by atoms with Crippen LogP contribution in [0.25, 0.3) is 0 Å². The van der Waals surface area contributed by atoms with Crippen LogP contribution >= 0.6 is 0 Å². The van der Waals surface area contributed by atoms with Crippen LogP contribution in [0.3, 0.4) is 0 Å². The van der Waals surface area contributed by atoms with Gasteiger partial charge in [-0.3, -0.25) is 9.00 Å². The lowest BCUT2D eigenvalue weighted by Crippen LogP contribution is -2.17. The van der Waals surface area contributed by atoms with Gasteiger partial charge in [0.1, 0.15) is 11.6 Å². The fraction of sp³-hybridized carbons (Fsp3) is 0.417. The van der Waals surface area contributed by atoms with E-state index in [9.17, 15) is 13.4 Å². The third-order valence-corrected chi connectivity index (χ3v) is 4.13. The molecule has 4 nitrogen and oxygen atoms in total. The predicted octanol–water partition coefficient (Wildman–Crippen LogP) is 1.95. The van der Waals surface area contributed by atoms with Crippen molar-refractivity contribution >= 4 is 16.8 Å². The van der Waals surface area contributed by atoms with Gasteiger partial charge in [0.2, 0.25) is 0 Å². The van der Waals surface area contributed by atoms with E-state index >= 15 is 0 Å². The zero-order valence-corrected chi connectivity index (χ0v) is 11.0. The van der Waals surface area contributed by atoms with E-state index in [1.165, 1.54) is 19.2 Å². The van der Waals surface area contributed by atoms with Gasteiger partial charge in [-0.2, -0.15) is 0 Å². The Labute approximate surface area is 107 Å². The molecule has 0 saturated carbocycles. The number of carboxylic acid groups (broad SMARTS) is 1. The summed E-state index contributed by atoms with van der Waals surface area (Å²) in [5.74, 6) is -1.11. The molecule has 2 unspecified atom stereocenters. The number of ether oxygens (including phenoxy) is 1. The molecule has 0 fully saturated rings. The van der Waals surface area contributed by atoms with Crippen molar-refractivity contribution in [2.45, 2.75) is 24.3 Å². The van der Waals surface area contributed by atoms with E-state index < -0.39 is 27.8 Å². The van der Waals surface area contributed by atoms with E-state index in [1.54, 1.807) is 13.0 Å². The molecule has 100 valence electrons. The third kappa shape index (κ3) is 4.10. The summed E-state index contributed by atoms with van der Waals surface area (Å²) in [6.07, 6.45) is -0.190. The molecule has 0 spiro atoms. The van der Waals surface area contributed by atoms with Gasteiger partial charge in [0.25, 0.3) is 0 Å². The van der Waals surface area contributed by atoms with Crippen LogP contribution in [-0.2, 0) is 21.3 Å². The van der Waals surface area contributed by atoms with Gasteiger partial charge in [0, 0.05) is 27.7 Å². The number of aliphatic carboxylic acids is 1. The Morgan fingerprint density at radius 3 is 2.72 bits per heavy atom. The van der Waals surface area contributed by atoms with Crippen LogP contribution in [-0.4, -0.2) is 27.6 Å². The molecule has 1 N–H and O–H groups in total. The molecule has 6 heteroatoms. The van der Waals surface area contributed by atoms with Gasteiger partial charge in [-0.25, -0.2) is 4.39 Å². The molecular formula is C12H15FO4S. The number of benzene rings is 1. The summed E-state index contributed by atoms with van der Waals surface area (Å²) in [6.45, 7) is 1.58. The molecule has 0 aliphatic rings. The quantitative estimate of drug-likeness (QED) is 0.861. The Morgan fingerprint density at radius 1 is 1.56 bits per heavy atom. The fourth-order valence-corrected chi connectivity index (χ4v) is 2.56. The highest BCUT2D eigenvalue weighted by Crippen LogP contribution is 2.18. The average molecular weight is 274 g/mol. The van der Waals surface area contributed by atoms with Crippen molar-refractivity contribution in [1.82, 2.24) is 0 Å². The Kier molecular flexibility index (Phi) is 5.27. The largest absolute Gasteiger partial charge is 0.497 e. The summed E-state index contributed by atoms with van der Waals surface area (Å²) in [4.78, 5) is 10.5. The normalized spacial score (nSPS) is 13.9. The number of halogens is 1. The summed E-state index contributed by atoms with van der Waals surface area (Å²) < 4.78 is 30.3. The van der Waals surface area contributed by atoms with E-state index in [1.807, 2.05) is 0 Å². The minimum Gasteiger partial charge on any atom is -0.497 e. The van der Waals surface area contributed by atoms with Crippen molar-refractivity contribution in [1.29, 1.82) is 0 Å². The molecule has 0 bridgehead atoms. The van der Waals surface area contributed by atoms with E-state index in [4.69, 9.17) is 9.84 Å². The lowest BCUT2D eigenvalue weighted by atomic mass is 10.2. The third-order valence-electron chi connectivity index (χ3n) is 2.47. The van der Waals surface area contributed by atoms with Gasteiger partial charge in [-0.05, 0) is 6.07 Å². The van der Waals surface area contributed by atoms with Crippen LogP contribution in [0.1, 0.15) is 18.9 Å². The predicted molar refractivity (Wildman–Crippen MR) is 66.5 cm³/mol. The van der Waals surface area contributed by atoms with Crippen molar-refractivity contribution in [3.05, 3.63) is 29.6 Å². The number of carbonyl (C=O) groups is 1. The van der Waals surface area contributed by atoms with E-state index in [2.05, 4.69) is 0 Å². The molecule has 1 rings (SSSR count). The first kappa shape index (κ1) is 14.6. The molecule has 1 aromatic rings. The van der Waals surface area contributed by atoms with Crippen LogP contribution in [0.15, 0.2) is 18.2 Å². The maximum absolute atomic E-state index is 13.6. The van der Waals surface area contributed by atoms with Crippen molar-refractivity contribution in [2.75, 3.05) is 7.11 Å². The Balaban J connectivity index is 2.72. The van der Waals surface area contributed by atoms with E-state index in [0.717, 1.165) is 0 Å². The number of rotatable bonds is 6. The van der Waals surface area contributed by atoms with Crippen LogP contribution < -0.4 is 4.74 Å². The second kappa shape index (κ2) is 6.49. The first-order valence-corrected chi connectivity index (χ1v) is 6.73. The van der Waals surface area contributed by atoms with Gasteiger partial charge in [0.15, 0.2) is 0 Å².